The average Bonchev–Trinajstić information content (AvgIpc) is 3.03. The minimum atomic E-state index is -3.30. The molecule has 1 aliphatic heterocycles. The van der Waals surface area contributed by atoms with E-state index in [9.17, 15) is 13.2 Å². The van der Waals surface area contributed by atoms with Crippen LogP contribution < -0.4 is 15.4 Å². The Balaban J connectivity index is 0.00000261. The number of carbonyl (C=O) groups is 1. The molecule has 0 bridgehead atoms. The summed E-state index contributed by atoms with van der Waals surface area (Å²) in [5.74, 6) is -0.110. The highest BCUT2D eigenvalue weighted by Crippen LogP contribution is 2.26. The zero-order valence-electron chi connectivity index (χ0n) is 14.6. The second kappa shape index (κ2) is 9.47. The van der Waals surface area contributed by atoms with E-state index in [-0.39, 0.29) is 24.4 Å². The quantitative estimate of drug-likeness (QED) is 0.643. The number of rotatable bonds is 6. The molecule has 1 amide bonds. The molecule has 27 heavy (non-hydrogen) atoms. The second-order valence-corrected chi connectivity index (χ2v) is 8.57. The lowest BCUT2D eigenvalue weighted by atomic mass is 10.1. The van der Waals surface area contributed by atoms with Gasteiger partial charge >= 0.3 is 0 Å². The first kappa shape index (κ1) is 21.6. The Labute approximate surface area is 168 Å². The van der Waals surface area contributed by atoms with Gasteiger partial charge < -0.3 is 15.4 Å². The van der Waals surface area contributed by atoms with Crippen LogP contribution in [0.15, 0.2) is 29.6 Å². The van der Waals surface area contributed by atoms with E-state index in [0.29, 0.717) is 30.5 Å². The minimum absolute atomic E-state index is 0. The number of halogens is 1. The number of nitrogens with zero attached hydrogens (tertiary/aromatic N) is 1. The molecule has 2 aromatic rings. The third kappa shape index (κ3) is 6.74. The van der Waals surface area contributed by atoms with E-state index >= 15 is 0 Å². The third-order valence-corrected chi connectivity index (χ3v) is 5.03. The standard InChI is InChI=1S/C16H20N4O4S2.ClH/c1-26(22,23)20-12-4-2-11(3-5-12)14-10-25-16(18-14)19-15(21)8-13-9-24-7-6-17-13;/h2-5,10,13,17,20H,6-9H2,1H3,(H,18,19,21);1H. The molecule has 1 unspecified atom stereocenters. The number of carbonyl (C=O) groups excluding carboxylic acids is 1. The summed E-state index contributed by atoms with van der Waals surface area (Å²) in [5, 5.41) is 8.41. The number of sulfonamides is 1. The van der Waals surface area contributed by atoms with Gasteiger partial charge in [0.15, 0.2) is 5.13 Å². The van der Waals surface area contributed by atoms with Gasteiger partial charge in [-0.3, -0.25) is 9.52 Å². The largest absolute Gasteiger partial charge is 0.378 e. The number of nitrogens with one attached hydrogen (secondary N) is 3. The first-order valence-corrected chi connectivity index (χ1v) is 10.8. The lowest BCUT2D eigenvalue weighted by molar-refractivity contribution is -0.117. The monoisotopic (exact) mass is 432 g/mol. The average molecular weight is 433 g/mol. The zero-order valence-corrected chi connectivity index (χ0v) is 17.0. The molecule has 1 aromatic heterocycles. The van der Waals surface area contributed by atoms with Gasteiger partial charge in [-0.15, -0.1) is 23.7 Å². The maximum atomic E-state index is 12.1. The first-order valence-electron chi connectivity index (χ1n) is 8.04. The molecule has 3 N–H and O–H groups in total. The van der Waals surface area contributed by atoms with E-state index < -0.39 is 10.0 Å². The second-order valence-electron chi connectivity index (χ2n) is 5.97. The Bertz CT molecular complexity index is 865. The molecule has 0 saturated carbocycles. The molecule has 0 radical (unpaired) electrons. The maximum Gasteiger partial charge on any atom is 0.229 e. The molecule has 1 fully saturated rings. The van der Waals surface area contributed by atoms with Gasteiger partial charge in [-0.25, -0.2) is 13.4 Å². The fourth-order valence-corrected chi connectivity index (χ4v) is 3.83. The van der Waals surface area contributed by atoms with Gasteiger partial charge in [-0.2, -0.15) is 0 Å². The van der Waals surface area contributed by atoms with Crippen molar-refractivity contribution in [3.8, 4) is 11.3 Å². The summed E-state index contributed by atoms with van der Waals surface area (Å²) >= 11 is 1.34. The van der Waals surface area contributed by atoms with Gasteiger partial charge in [0.1, 0.15) is 0 Å². The first-order chi connectivity index (χ1) is 12.4. The Morgan fingerprint density at radius 2 is 2.11 bits per heavy atom. The predicted octanol–water partition coefficient (Wildman–Crippen LogP) is 1.92. The summed E-state index contributed by atoms with van der Waals surface area (Å²) in [6.45, 7) is 1.96. The van der Waals surface area contributed by atoms with Crippen LogP contribution in [-0.4, -0.2) is 51.4 Å². The van der Waals surface area contributed by atoms with Gasteiger partial charge in [0, 0.05) is 35.6 Å². The van der Waals surface area contributed by atoms with Crippen LogP contribution >= 0.6 is 23.7 Å². The molecule has 1 saturated heterocycles. The summed E-state index contributed by atoms with van der Waals surface area (Å²) in [7, 11) is -3.30. The SMILES string of the molecule is CS(=O)(=O)Nc1ccc(-c2csc(NC(=O)CC3COCCN3)n2)cc1.Cl. The van der Waals surface area contributed by atoms with Crippen LogP contribution in [-0.2, 0) is 19.6 Å². The van der Waals surface area contributed by atoms with Gasteiger partial charge in [0.2, 0.25) is 15.9 Å². The Morgan fingerprint density at radius 1 is 1.37 bits per heavy atom. The Morgan fingerprint density at radius 3 is 2.74 bits per heavy atom. The Hall–Kier alpha value is -1.72. The lowest BCUT2D eigenvalue weighted by Gasteiger charge is -2.22. The highest BCUT2D eigenvalue weighted by atomic mass is 35.5. The van der Waals surface area contributed by atoms with Crippen LogP contribution in [0.25, 0.3) is 11.3 Å². The van der Waals surface area contributed by atoms with E-state index in [4.69, 9.17) is 4.74 Å². The van der Waals surface area contributed by atoms with Crippen molar-refractivity contribution in [2.45, 2.75) is 12.5 Å². The molecule has 148 valence electrons. The van der Waals surface area contributed by atoms with Crippen molar-refractivity contribution in [1.82, 2.24) is 10.3 Å². The number of benzene rings is 1. The molecule has 3 rings (SSSR count). The van der Waals surface area contributed by atoms with Crippen LogP contribution in [0.4, 0.5) is 10.8 Å². The van der Waals surface area contributed by atoms with Crippen molar-refractivity contribution in [3.05, 3.63) is 29.6 Å². The number of morpholine rings is 1. The highest BCUT2D eigenvalue weighted by molar-refractivity contribution is 7.92. The van der Waals surface area contributed by atoms with Gasteiger partial charge in [-0.05, 0) is 12.1 Å². The van der Waals surface area contributed by atoms with Crippen molar-refractivity contribution >= 4 is 50.5 Å². The molecule has 2 heterocycles. The molecular weight excluding hydrogens is 412 g/mol. The number of anilines is 2. The summed E-state index contributed by atoms with van der Waals surface area (Å²) in [4.78, 5) is 16.5. The van der Waals surface area contributed by atoms with Crippen molar-refractivity contribution in [2.75, 3.05) is 36.1 Å². The predicted molar refractivity (Wildman–Crippen MR) is 109 cm³/mol. The van der Waals surface area contributed by atoms with Crippen LogP contribution in [0.2, 0.25) is 0 Å². The van der Waals surface area contributed by atoms with Crippen LogP contribution in [0.5, 0.6) is 0 Å². The smallest absolute Gasteiger partial charge is 0.229 e. The number of hydrogen-bond acceptors (Lipinski definition) is 7. The van der Waals surface area contributed by atoms with Crippen molar-refractivity contribution in [3.63, 3.8) is 0 Å². The van der Waals surface area contributed by atoms with E-state index in [1.807, 2.05) is 5.38 Å². The van der Waals surface area contributed by atoms with Gasteiger partial charge in [0.05, 0.1) is 25.2 Å². The molecule has 1 atom stereocenters. The van der Waals surface area contributed by atoms with Gasteiger partial charge in [0.25, 0.3) is 0 Å². The number of aromatic nitrogens is 1. The molecular formula is C16H21ClN4O4S2. The van der Waals surface area contributed by atoms with Crippen molar-refractivity contribution in [2.24, 2.45) is 0 Å². The molecule has 1 aliphatic rings. The van der Waals surface area contributed by atoms with Crippen molar-refractivity contribution in [1.29, 1.82) is 0 Å². The molecule has 11 heteroatoms. The maximum absolute atomic E-state index is 12.1. The van der Waals surface area contributed by atoms with Crippen LogP contribution in [0, 0.1) is 0 Å². The Kier molecular flexibility index (Phi) is 7.57. The van der Waals surface area contributed by atoms with E-state index in [2.05, 4.69) is 20.3 Å². The lowest BCUT2D eigenvalue weighted by Crippen LogP contribution is -2.43. The number of amides is 1. The normalized spacial score (nSPS) is 17.0. The summed E-state index contributed by atoms with van der Waals surface area (Å²) in [5.41, 5.74) is 2.04. The van der Waals surface area contributed by atoms with Crippen LogP contribution in [0.3, 0.4) is 0 Å². The molecule has 1 aromatic carbocycles. The fourth-order valence-electron chi connectivity index (χ4n) is 2.53. The molecule has 8 nitrogen and oxygen atoms in total. The molecule has 0 aliphatic carbocycles. The van der Waals surface area contributed by atoms with E-state index in [1.165, 1.54) is 11.3 Å². The topological polar surface area (TPSA) is 109 Å². The number of ether oxygens (including phenoxy) is 1. The fraction of sp³-hybridized carbons (Fsp3) is 0.375. The minimum Gasteiger partial charge on any atom is -0.378 e. The van der Waals surface area contributed by atoms with E-state index in [0.717, 1.165) is 24.1 Å². The van der Waals surface area contributed by atoms with Crippen LogP contribution in [0.1, 0.15) is 6.42 Å². The summed E-state index contributed by atoms with van der Waals surface area (Å²) in [6.07, 6.45) is 1.44. The number of hydrogen-bond donors (Lipinski definition) is 3. The summed E-state index contributed by atoms with van der Waals surface area (Å²) in [6, 6.07) is 6.92. The van der Waals surface area contributed by atoms with E-state index in [1.54, 1.807) is 24.3 Å². The number of thiazole rings is 1. The molecule has 0 spiro atoms. The van der Waals surface area contributed by atoms with Crippen molar-refractivity contribution < 1.29 is 17.9 Å². The highest BCUT2D eigenvalue weighted by Gasteiger charge is 2.17. The summed E-state index contributed by atoms with van der Waals surface area (Å²) < 4.78 is 30.2. The third-order valence-electron chi connectivity index (χ3n) is 3.66. The zero-order chi connectivity index (χ0) is 18.6. The van der Waals surface area contributed by atoms with Gasteiger partial charge in [-0.1, -0.05) is 12.1 Å².